The summed E-state index contributed by atoms with van der Waals surface area (Å²) in [4.78, 5) is 8.86. The zero-order valence-corrected chi connectivity index (χ0v) is 20.0. The van der Waals surface area contributed by atoms with Gasteiger partial charge in [-0.25, -0.2) is 4.98 Å². The molecule has 142 valence electrons. The van der Waals surface area contributed by atoms with Gasteiger partial charge in [0, 0.05) is 47.5 Å². The van der Waals surface area contributed by atoms with Crippen LogP contribution in [0, 0.1) is 6.92 Å². The number of thiazole rings is 1. The van der Waals surface area contributed by atoms with E-state index >= 15 is 0 Å². The van der Waals surface area contributed by atoms with Gasteiger partial charge < -0.3 is 10.6 Å². The molecule has 0 bridgehead atoms. The van der Waals surface area contributed by atoms with Crippen LogP contribution in [0.4, 0.5) is 0 Å². The van der Waals surface area contributed by atoms with Crippen LogP contribution < -0.4 is 10.6 Å². The second-order valence-corrected chi connectivity index (χ2v) is 8.40. The fourth-order valence-corrected chi connectivity index (χ4v) is 4.54. The lowest BCUT2D eigenvalue weighted by Crippen LogP contribution is -2.41. The summed E-state index contributed by atoms with van der Waals surface area (Å²) in [7, 11) is 1.83. The van der Waals surface area contributed by atoms with Crippen LogP contribution in [0.1, 0.15) is 35.5 Å². The Labute approximate surface area is 185 Å². The minimum absolute atomic E-state index is 0. The molecule has 1 aromatic carbocycles. The van der Waals surface area contributed by atoms with Crippen LogP contribution in [-0.2, 0) is 11.8 Å². The number of rotatable bonds is 7. The van der Waals surface area contributed by atoms with Crippen LogP contribution >= 0.6 is 51.2 Å². The van der Waals surface area contributed by atoms with E-state index in [-0.39, 0.29) is 29.4 Å². The first-order chi connectivity index (χ1) is 12.1. The highest BCUT2D eigenvalue weighted by Gasteiger charge is 2.45. The van der Waals surface area contributed by atoms with Gasteiger partial charge in [-0.05, 0) is 37.8 Å². The molecular weight excluding hydrogens is 523 g/mol. The number of halogens is 2. The first kappa shape index (κ1) is 21.6. The van der Waals surface area contributed by atoms with Crippen molar-refractivity contribution < 1.29 is 0 Å². The summed E-state index contributed by atoms with van der Waals surface area (Å²) in [5.74, 6) is 0.883. The monoisotopic (exact) mass is 548 g/mol. The van der Waals surface area contributed by atoms with Crippen LogP contribution in [0.3, 0.4) is 0 Å². The number of hydrogen-bond donors (Lipinski definition) is 2. The van der Waals surface area contributed by atoms with Gasteiger partial charge in [-0.3, -0.25) is 4.99 Å². The highest BCUT2D eigenvalue weighted by Crippen LogP contribution is 2.49. The summed E-state index contributed by atoms with van der Waals surface area (Å²) in [6, 6.07) is 8.54. The average Bonchev–Trinajstić information content (AvgIpc) is 3.29. The summed E-state index contributed by atoms with van der Waals surface area (Å²) in [5.41, 5.74) is 2.76. The van der Waals surface area contributed by atoms with Gasteiger partial charge in [0.05, 0.1) is 5.01 Å². The van der Waals surface area contributed by atoms with E-state index in [1.807, 2.05) is 14.0 Å². The molecule has 1 aliphatic carbocycles. The van der Waals surface area contributed by atoms with E-state index in [1.54, 1.807) is 11.3 Å². The molecule has 4 nitrogen and oxygen atoms in total. The molecule has 0 amide bonds. The van der Waals surface area contributed by atoms with Crippen molar-refractivity contribution in [3.05, 3.63) is 50.4 Å². The predicted molar refractivity (Wildman–Crippen MR) is 125 cm³/mol. The lowest BCUT2D eigenvalue weighted by molar-refractivity contribution is 0.639. The van der Waals surface area contributed by atoms with Crippen molar-refractivity contribution in [3.8, 4) is 0 Å². The Morgan fingerprint density at radius 3 is 2.69 bits per heavy atom. The molecule has 2 aromatic rings. The number of nitrogens with one attached hydrogen (secondary N) is 2. The molecule has 0 unspecified atom stereocenters. The van der Waals surface area contributed by atoms with E-state index < -0.39 is 0 Å². The van der Waals surface area contributed by atoms with Gasteiger partial charge in [-0.1, -0.05) is 34.1 Å². The van der Waals surface area contributed by atoms with Crippen molar-refractivity contribution in [2.45, 2.75) is 38.0 Å². The summed E-state index contributed by atoms with van der Waals surface area (Å²) < 4.78 is 1.20. The Balaban J connectivity index is 0.00000243. The van der Waals surface area contributed by atoms with Gasteiger partial charge in [0.2, 0.25) is 0 Å². The average molecular weight is 549 g/mol. The number of aromatic nitrogens is 1. The maximum Gasteiger partial charge on any atom is 0.191 e. The van der Waals surface area contributed by atoms with Gasteiger partial charge in [0.15, 0.2) is 5.96 Å². The molecule has 3 rings (SSSR count). The van der Waals surface area contributed by atoms with Gasteiger partial charge in [-0.2, -0.15) is 0 Å². The van der Waals surface area contributed by atoms with Crippen molar-refractivity contribution in [1.82, 2.24) is 15.6 Å². The smallest absolute Gasteiger partial charge is 0.191 e. The van der Waals surface area contributed by atoms with Gasteiger partial charge in [-0.15, -0.1) is 35.3 Å². The van der Waals surface area contributed by atoms with E-state index in [9.17, 15) is 0 Å². The van der Waals surface area contributed by atoms with E-state index in [0.717, 1.165) is 37.6 Å². The van der Waals surface area contributed by atoms with Crippen LogP contribution in [-0.4, -0.2) is 31.1 Å². The second kappa shape index (κ2) is 10.0. The standard InChI is InChI=1S/C19H25BrN4S.HI/c1-14-12-25-17(24-14)8-5-11-22-18(21-2)23-13-19(9-10-19)15-6-3-4-7-16(15)20;/h3-4,6-7,12H,5,8-11,13H2,1-2H3,(H2,21,22,23);1H. The normalized spacial score (nSPS) is 15.3. The molecule has 0 aliphatic heterocycles. The van der Waals surface area contributed by atoms with Crippen LogP contribution in [0.2, 0.25) is 0 Å². The SMILES string of the molecule is CN=C(NCCCc1nc(C)cs1)NCC1(c2ccccc2Br)CC1.I. The summed E-state index contributed by atoms with van der Waals surface area (Å²) in [5, 5.41) is 10.2. The Morgan fingerprint density at radius 1 is 1.31 bits per heavy atom. The molecule has 26 heavy (non-hydrogen) atoms. The largest absolute Gasteiger partial charge is 0.356 e. The molecule has 1 fully saturated rings. The van der Waals surface area contributed by atoms with E-state index in [1.165, 1.54) is 27.9 Å². The van der Waals surface area contributed by atoms with Crippen molar-refractivity contribution in [2.75, 3.05) is 20.1 Å². The fourth-order valence-electron chi connectivity index (χ4n) is 3.02. The van der Waals surface area contributed by atoms with Crippen molar-refractivity contribution in [2.24, 2.45) is 4.99 Å². The zero-order valence-electron chi connectivity index (χ0n) is 15.2. The minimum atomic E-state index is 0. The molecule has 1 heterocycles. The number of guanidine groups is 1. The third-order valence-corrected chi connectivity index (χ3v) is 6.36. The van der Waals surface area contributed by atoms with Crippen molar-refractivity contribution in [1.29, 1.82) is 0 Å². The third kappa shape index (κ3) is 5.66. The van der Waals surface area contributed by atoms with E-state index in [0.29, 0.717) is 0 Å². The number of benzene rings is 1. The summed E-state index contributed by atoms with van der Waals surface area (Å²) in [6.07, 6.45) is 4.53. The van der Waals surface area contributed by atoms with Crippen LogP contribution in [0.5, 0.6) is 0 Å². The topological polar surface area (TPSA) is 49.3 Å². The number of aliphatic imine (C=N–C) groups is 1. The lowest BCUT2D eigenvalue weighted by Gasteiger charge is -2.20. The molecule has 0 spiro atoms. The van der Waals surface area contributed by atoms with Crippen molar-refractivity contribution in [3.63, 3.8) is 0 Å². The highest BCUT2D eigenvalue weighted by atomic mass is 127. The van der Waals surface area contributed by atoms with E-state index in [2.05, 4.69) is 66.2 Å². The molecule has 0 radical (unpaired) electrons. The second-order valence-electron chi connectivity index (χ2n) is 6.60. The molecular formula is C19H26BrIN4S. The minimum Gasteiger partial charge on any atom is -0.356 e. The molecule has 1 aliphatic rings. The van der Waals surface area contributed by atoms with Gasteiger partial charge in [0.25, 0.3) is 0 Å². The molecule has 1 saturated carbocycles. The Kier molecular flexibility index (Phi) is 8.35. The van der Waals surface area contributed by atoms with Crippen molar-refractivity contribution >= 4 is 57.2 Å². The molecule has 7 heteroatoms. The van der Waals surface area contributed by atoms with Gasteiger partial charge >= 0.3 is 0 Å². The molecule has 0 atom stereocenters. The summed E-state index contributed by atoms with van der Waals surface area (Å²) in [6.45, 7) is 3.87. The first-order valence-electron chi connectivity index (χ1n) is 8.73. The summed E-state index contributed by atoms with van der Waals surface area (Å²) >= 11 is 5.44. The Bertz CT molecular complexity index is 743. The number of aryl methyl sites for hydroxylation is 2. The molecule has 0 saturated heterocycles. The quantitative estimate of drug-likeness (QED) is 0.229. The zero-order chi connectivity index (χ0) is 17.7. The predicted octanol–water partition coefficient (Wildman–Crippen LogP) is 4.66. The maximum absolute atomic E-state index is 4.51. The third-order valence-electron chi connectivity index (χ3n) is 4.64. The van der Waals surface area contributed by atoms with E-state index in [4.69, 9.17) is 0 Å². The molecule has 2 N–H and O–H groups in total. The fraction of sp³-hybridized carbons (Fsp3) is 0.474. The highest BCUT2D eigenvalue weighted by molar-refractivity contribution is 14.0. The lowest BCUT2D eigenvalue weighted by atomic mass is 9.96. The molecule has 1 aromatic heterocycles. The number of nitrogens with zero attached hydrogens (tertiary/aromatic N) is 2. The number of hydrogen-bond acceptors (Lipinski definition) is 3. The van der Waals surface area contributed by atoms with Crippen LogP contribution in [0.25, 0.3) is 0 Å². The Morgan fingerprint density at radius 2 is 2.08 bits per heavy atom. The first-order valence-corrected chi connectivity index (χ1v) is 10.4. The Hall–Kier alpha value is -0.670. The van der Waals surface area contributed by atoms with Gasteiger partial charge in [0.1, 0.15) is 0 Å². The maximum atomic E-state index is 4.51. The van der Waals surface area contributed by atoms with Crippen LogP contribution in [0.15, 0.2) is 39.1 Å².